The molecule has 0 aromatic rings. The SMILES string of the molecule is CS(=O)(=O)O[C@H]1CCO[C@@H](C2=CN=C(C3CC3)NC2)C1. The molecule has 2 heterocycles. The Labute approximate surface area is 119 Å². The first-order chi connectivity index (χ1) is 9.51. The highest BCUT2D eigenvalue weighted by molar-refractivity contribution is 7.86. The van der Waals surface area contributed by atoms with Gasteiger partial charge in [-0.3, -0.25) is 4.18 Å². The van der Waals surface area contributed by atoms with Gasteiger partial charge in [-0.1, -0.05) is 0 Å². The van der Waals surface area contributed by atoms with E-state index in [0.717, 1.165) is 24.2 Å². The molecule has 0 aromatic heterocycles. The highest BCUT2D eigenvalue weighted by atomic mass is 32.2. The van der Waals surface area contributed by atoms with Crippen LogP contribution in [0.15, 0.2) is 16.8 Å². The maximum Gasteiger partial charge on any atom is 0.264 e. The topological polar surface area (TPSA) is 77.0 Å². The Bertz CT molecular complexity index is 537. The number of aliphatic imine (C=N–C) groups is 1. The van der Waals surface area contributed by atoms with E-state index in [9.17, 15) is 8.42 Å². The zero-order valence-electron chi connectivity index (χ0n) is 11.5. The van der Waals surface area contributed by atoms with Crippen molar-refractivity contribution in [2.75, 3.05) is 19.4 Å². The highest BCUT2D eigenvalue weighted by Crippen LogP contribution is 2.31. The molecule has 1 aliphatic carbocycles. The molecule has 112 valence electrons. The highest BCUT2D eigenvalue weighted by Gasteiger charge is 2.32. The third kappa shape index (κ3) is 3.59. The Morgan fingerprint density at radius 2 is 2.20 bits per heavy atom. The number of nitrogens with zero attached hydrogens (tertiary/aromatic N) is 1. The average Bonchev–Trinajstić information content (AvgIpc) is 3.21. The van der Waals surface area contributed by atoms with Crippen LogP contribution in [0.3, 0.4) is 0 Å². The van der Waals surface area contributed by atoms with E-state index in [1.165, 1.54) is 12.8 Å². The standard InChI is InChI=1S/C13H20N2O4S/c1-20(16,17)19-11-4-5-18-12(6-11)10-7-14-13(15-8-10)9-2-3-9/h7,9,11-12H,2-6,8H2,1H3,(H,14,15)/t11-,12+/m0/s1. The lowest BCUT2D eigenvalue weighted by molar-refractivity contribution is -0.0153. The average molecular weight is 300 g/mol. The smallest absolute Gasteiger partial charge is 0.264 e. The van der Waals surface area contributed by atoms with Gasteiger partial charge in [0.05, 0.1) is 18.5 Å². The summed E-state index contributed by atoms with van der Waals surface area (Å²) in [5.41, 5.74) is 1.07. The summed E-state index contributed by atoms with van der Waals surface area (Å²) in [5, 5.41) is 3.33. The molecule has 0 aromatic carbocycles. The molecule has 0 spiro atoms. The van der Waals surface area contributed by atoms with Crippen molar-refractivity contribution in [1.82, 2.24) is 5.32 Å². The van der Waals surface area contributed by atoms with Crippen LogP contribution in [-0.4, -0.2) is 45.9 Å². The lowest BCUT2D eigenvalue weighted by Crippen LogP contribution is -2.38. The maximum atomic E-state index is 11.2. The van der Waals surface area contributed by atoms with E-state index in [-0.39, 0.29) is 12.2 Å². The van der Waals surface area contributed by atoms with Crippen LogP contribution in [0.5, 0.6) is 0 Å². The molecule has 2 atom stereocenters. The van der Waals surface area contributed by atoms with Gasteiger partial charge in [-0.05, 0) is 24.8 Å². The quantitative estimate of drug-likeness (QED) is 0.777. The van der Waals surface area contributed by atoms with Gasteiger partial charge in [-0.15, -0.1) is 0 Å². The molecule has 3 aliphatic rings. The summed E-state index contributed by atoms with van der Waals surface area (Å²) in [5.74, 6) is 1.69. The second-order valence-electron chi connectivity index (χ2n) is 5.65. The van der Waals surface area contributed by atoms with Gasteiger partial charge >= 0.3 is 0 Å². The molecule has 2 fully saturated rings. The molecule has 1 saturated heterocycles. The summed E-state index contributed by atoms with van der Waals surface area (Å²) in [6, 6.07) is 0. The van der Waals surface area contributed by atoms with Gasteiger partial charge in [0.15, 0.2) is 0 Å². The zero-order chi connectivity index (χ0) is 14.2. The van der Waals surface area contributed by atoms with E-state index < -0.39 is 10.1 Å². The van der Waals surface area contributed by atoms with Crippen LogP contribution in [0.2, 0.25) is 0 Å². The van der Waals surface area contributed by atoms with E-state index in [1.807, 2.05) is 6.20 Å². The van der Waals surface area contributed by atoms with Crippen molar-refractivity contribution in [3.63, 3.8) is 0 Å². The molecule has 1 N–H and O–H groups in total. The van der Waals surface area contributed by atoms with E-state index in [0.29, 0.717) is 25.4 Å². The van der Waals surface area contributed by atoms with Crippen molar-refractivity contribution in [1.29, 1.82) is 0 Å². The van der Waals surface area contributed by atoms with Gasteiger partial charge in [-0.2, -0.15) is 8.42 Å². The maximum absolute atomic E-state index is 11.2. The van der Waals surface area contributed by atoms with Crippen molar-refractivity contribution in [2.24, 2.45) is 10.9 Å². The monoisotopic (exact) mass is 300 g/mol. The summed E-state index contributed by atoms with van der Waals surface area (Å²) >= 11 is 0. The van der Waals surface area contributed by atoms with E-state index in [2.05, 4.69) is 10.3 Å². The largest absolute Gasteiger partial charge is 0.374 e. The second kappa shape index (κ2) is 5.46. The lowest BCUT2D eigenvalue weighted by Gasteiger charge is -2.31. The number of amidine groups is 1. The summed E-state index contributed by atoms with van der Waals surface area (Å²) in [6.45, 7) is 1.24. The van der Waals surface area contributed by atoms with Crippen LogP contribution in [0.1, 0.15) is 25.7 Å². The Kier molecular flexibility index (Phi) is 3.83. The van der Waals surface area contributed by atoms with Gasteiger partial charge in [0, 0.05) is 31.7 Å². The summed E-state index contributed by atoms with van der Waals surface area (Å²) < 4.78 is 33.2. The number of rotatable bonds is 4. The van der Waals surface area contributed by atoms with Crippen LogP contribution in [0.25, 0.3) is 0 Å². The van der Waals surface area contributed by atoms with Gasteiger partial charge in [0.25, 0.3) is 10.1 Å². The fourth-order valence-corrected chi connectivity index (χ4v) is 3.27. The molecule has 6 nitrogen and oxygen atoms in total. The molecule has 0 amide bonds. The molecule has 0 unspecified atom stereocenters. The van der Waals surface area contributed by atoms with Crippen molar-refractivity contribution in [3.8, 4) is 0 Å². The van der Waals surface area contributed by atoms with Crippen LogP contribution in [0, 0.1) is 5.92 Å². The third-order valence-electron chi connectivity index (χ3n) is 3.77. The fourth-order valence-electron chi connectivity index (χ4n) is 2.60. The Balaban J connectivity index is 1.62. The normalized spacial score (nSPS) is 31.2. The number of hydrogen-bond acceptors (Lipinski definition) is 6. The van der Waals surface area contributed by atoms with E-state index in [4.69, 9.17) is 8.92 Å². The minimum Gasteiger partial charge on any atom is -0.374 e. The molecule has 0 radical (unpaired) electrons. The predicted molar refractivity (Wildman–Crippen MR) is 74.9 cm³/mol. The molecule has 0 bridgehead atoms. The first-order valence-electron chi connectivity index (χ1n) is 7.01. The number of nitrogens with one attached hydrogen (secondary N) is 1. The van der Waals surface area contributed by atoms with Crippen LogP contribution < -0.4 is 5.32 Å². The van der Waals surface area contributed by atoms with Gasteiger partial charge in [0.2, 0.25) is 0 Å². The molecule has 7 heteroatoms. The van der Waals surface area contributed by atoms with Crippen LogP contribution in [-0.2, 0) is 19.0 Å². The first-order valence-corrected chi connectivity index (χ1v) is 8.83. The predicted octanol–water partition coefficient (Wildman–Crippen LogP) is 0.806. The second-order valence-corrected chi connectivity index (χ2v) is 7.25. The van der Waals surface area contributed by atoms with Gasteiger partial charge in [0.1, 0.15) is 5.84 Å². The molecule has 1 saturated carbocycles. The summed E-state index contributed by atoms with van der Waals surface area (Å²) in [4.78, 5) is 4.45. The molecule has 3 rings (SSSR count). The number of hydrogen-bond donors (Lipinski definition) is 1. The summed E-state index contributed by atoms with van der Waals surface area (Å²) in [6.07, 6.45) is 6.18. The van der Waals surface area contributed by atoms with E-state index in [1.54, 1.807) is 0 Å². The van der Waals surface area contributed by atoms with Crippen molar-refractivity contribution in [2.45, 2.75) is 37.9 Å². The van der Waals surface area contributed by atoms with Crippen molar-refractivity contribution >= 4 is 16.0 Å². The molecule has 2 aliphatic heterocycles. The third-order valence-corrected chi connectivity index (χ3v) is 4.39. The fraction of sp³-hybridized carbons (Fsp3) is 0.769. The first kappa shape index (κ1) is 14.0. The van der Waals surface area contributed by atoms with E-state index >= 15 is 0 Å². The Morgan fingerprint density at radius 1 is 1.40 bits per heavy atom. The Morgan fingerprint density at radius 3 is 2.80 bits per heavy atom. The van der Waals surface area contributed by atoms with Gasteiger partial charge in [-0.25, -0.2) is 4.99 Å². The molecular weight excluding hydrogens is 280 g/mol. The van der Waals surface area contributed by atoms with Crippen molar-refractivity contribution < 1.29 is 17.3 Å². The lowest BCUT2D eigenvalue weighted by atomic mass is 9.99. The molecule has 20 heavy (non-hydrogen) atoms. The van der Waals surface area contributed by atoms with Crippen LogP contribution in [0.4, 0.5) is 0 Å². The molecular formula is C13H20N2O4S. The minimum atomic E-state index is -3.41. The number of ether oxygens (including phenoxy) is 1. The zero-order valence-corrected chi connectivity index (χ0v) is 12.4. The Hall–Kier alpha value is -0.920. The summed E-state index contributed by atoms with van der Waals surface area (Å²) in [7, 11) is -3.41. The van der Waals surface area contributed by atoms with Gasteiger partial charge < -0.3 is 10.1 Å². The minimum absolute atomic E-state index is 0.104. The van der Waals surface area contributed by atoms with Crippen LogP contribution >= 0.6 is 0 Å². The van der Waals surface area contributed by atoms with Crippen molar-refractivity contribution in [3.05, 3.63) is 11.8 Å².